The second-order valence-electron chi connectivity index (χ2n) is 4.18. The van der Waals surface area contributed by atoms with Gasteiger partial charge in [0.05, 0.1) is 17.9 Å². The molecule has 0 radical (unpaired) electrons. The number of hydrogen-bond donors (Lipinski definition) is 1. The molecule has 0 spiro atoms. The highest BCUT2D eigenvalue weighted by atomic mass is 19.4. The maximum absolute atomic E-state index is 12.6. The van der Waals surface area contributed by atoms with E-state index in [1.165, 1.54) is 6.07 Å². The Balaban J connectivity index is 2.45. The number of aromatic nitrogens is 1. The molecule has 1 aromatic carbocycles. The van der Waals surface area contributed by atoms with E-state index in [0.29, 0.717) is 22.5 Å². The van der Waals surface area contributed by atoms with E-state index < -0.39 is 11.7 Å². The summed E-state index contributed by atoms with van der Waals surface area (Å²) in [6.45, 7) is 1.57. The maximum Gasteiger partial charge on any atom is 0.416 e. The first-order valence-corrected chi connectivity index (χ1v) is 5.67. The molecule has 1 N–H and O–H groups in total. The van der Waals surface area contributed by atoms with Crippen molar-refractivity contribution < 1.29 is 18.3 Å². The third-order valence-corrected chi connectivity index (χ3v) is 2.85. The smallest absolute Gasteiger partial charge is 0.392 e. The van der Waals surface area contributed by atoms with Crippen molar-refractivity contribution in [3.63, 3.8) is 0 Å². The Kier molecular flexibility index (Phi) is 3.57. The number of hydrogen-bond acceptors (Lipinski definition) is 2. The Labute approximate surface area is 108 Å². The molecule has 2 rings (SSSR count). The predicted molar refractivity (Wildman–Crippen MR) is 65.3 cm³/mol. The maximum atomic E-state index is 12.6. The molecule has 1 aromatic heterocycles. The molecule has 0 saturated carbocycles. The van der Waals surface area contributed by atoms with Gasteiger partial charge in [0.15, 0.2) is 0 Å². The van der Waals surface area contributed by atoms with Crippen LogP contribution in [0.5, 0.6) is 0 Å². The van der Waals surface area contributed by atoms with Crippen molar-refractivity contribution in [2.45, 2.75) is 19.7 Å². The highest BCUT2D eigenvalue weighted by molar-refractivity contribution is 5.60. The first-order chi connectivity index (χ1) is 8.91. The molecule has 1 heterocycles. The number of rotatable bonds is 2. The topological polar surface area (TPSA) is 33.1 Å². The second kappa shape index (κ2) is 5.01. The number of aliphatic hydroxyl groups is 1. The summed E-state index contributed by atoms with van der Waals surface area (Å²) in [5.74, 6) is 0. The SMILES string of the molecule is Cc1nc(-c2cccc(C(F)(F)F)c2)ccc1CO. The van der Waals surface area contributed by atoms with Crippen molar-refractivity contribution in [3.05, 3.63) is 53.2 Å². The van der Waals surface area contributed by atoms with Gasteiger partial charge in [-0.15, -0.1) is 0 Å². The van der Waals surface area contributed by atoms with Gasteiger partial charge in [0.1, 0.15) is 0 Å². The van der Waals surface area contributed by atoms with E-state index in [1.807, 2.05) is 0 Å². The molecule has 0 saturated heterocycles. The van der Waals surface area contributed by atoms with Gasteiger partial charge >= 0.3 is 6.18 Å². The molecule has 5 heteroatoms. The van der Waals surface area contributed by atoms with Crippen molar-refractivity contribution in [3.8, 4) is 11.3 Å². The number of benzene rings is 1. The zero-order chi connectivity index (χ0) is 14.0. The number of alkyl halides is 3. The Morgan fingerprint density at radius 1 is 1.16 bits per heavy atom. The van der Waals surface area contributed by atoms with E-state index in [0.717, 1.165) is 12.1 Å². The number of aliphatic hydroxyl groups excluding tert-OH is 1. The summed E-state index contributed by atoms with van der Waals surface area (Å²) in [4.78, 5) is 4.21. The van der Waals surface area contributed by atoms with Gasteiger partial charge in [0, 0.05) is 11.3 Å². The molecule has 0 fully saturated rings. The molecule has 0 bridgehead atoms. The van der Waals surface area contributed by atoms with Gasteiger partial charge < -0.3 is 5.11 Å². The van der Waals surface area contributed by atoms with Gasteiger partial charge in [-0.1, -0.05) is 18.2 Å². The lowest BCUT2D eigenvalue weighted by Crippen LogP contribution is -2.04. The van der Waals surface area contributed by atoms with Gasteiger partial charge in [-0.25, -0.2) is 0 Å². The van der Waals surface area contributed by atoms with E-state index in [9.17, 15) is 13.2 Å². The van der Waals surface area contributed by atoms with Crippen molar-refractivity contribution in [1.29, 1.82) is 0 Å². The van der Waals surface area contributed by atoms with Crippen LogP contribution in [0.15, 0.2) is 36.4 Å². The van der Waals surface area contributed by atoms with Crippen LogP contribution in [0.1, 0.15) is 16.8 Å². The lowest BCUT2D eigenvalue weighted by Gasteiger charge is -2.09. The fourth-order valence-electron chi connectivity index (χ4n) is 1.77. The minimum Gasteiger partial charge on any atom is -0.392 e. The van der Waals surface area contributed by atoms with E-state index >= 15 is 0 Å². The Morgan fingerprint density at radius 3 is 2.47 bits per heavy atom. The molecule has 100 valence electrons. The Hall–Kier alpha value is -1.88. The van der Waals surface area contributed by atoms with Crippen LogP contribution in [0.3, 0.4) is 0 Å². The van der Waals surface area contributed by atoms with Crippen molar-refractivity contribution in [2.75, 3.05) is 0 Å². The molecule has 0 atom stereocenters. The quantitative estimate of drug-likeness (QED) is 0.902. The van der Waals surface area contributed by atoms with Crippen LogP contribution in [0.25, 0.3) is 11.3 Å². The molecular formula is C14H12F3NO. The van der Waals surface area contributed by atoms with Crippen LogP contribution in [-0.4, -0.2) is 10.1 Å². The van der Waals surface area contributed by atoms with Gasteiger partial charge in [0.25, 0.3) is 0 Å². The van der Waals surface area contributed by atoms with Crippen LogP contribution in [-0.2, 0) is 12.8 Å². The largest absolute Gasteiger partial charge is 0.416 e. The lowest BCUT2D eigenvalue weighted by molar-refractivity contribution is -0.137. The summed E-state index contributed by atoms with van der Waals surface area (Å²) < 4.78 is 37.9. The number of nitrogens with zero attached hydrogens (tertiary/aromatic N) is 1. The van der Waals surface area contributed by atoms with Crippen molar-refractivity contribution >= 4 is 0 Å². The average Bonchev–Trinajstić information content (AvgIpc) is 2.38. The minimum absolute atomic E-state index is 0.137. The summed E-state index contributed by atoms with van der Waals surface area (Å²) in [5.41, 5.74) is 1.44. The molecule has 0 amide bonds. The lowest BCUT2D eigenvalue weighted by atomic mass is 10.1. The van der Waals surface area contributed by atoms with Gasteiger partial charge in [-0.2, -0.15) is 13.2 Å². The Morgan fingerprint density at radius 2 is 1.89 bits per heavy atom. The number of pyridine rings is 1. The predicted octanol–water partition coefficient (Wildman–Crippen LogP) is 3.57. The van der Waals surface area contributed by atoms with Crippen molar-refractivity contribution in [1.82, 2.24) is 4.98 Å². The normalized spacial score (nSPS) is 11.6. The summed E-state index contributed by atoms with van der Waals surface area (Å²) in [7, 11) is 0. The third kappa shape index (κ3) is 2.93. The first kappa shape index (κ1) is 13.5. The fourth-order valence-corrected chi connectivity index (χ4v) is 1.77. The van der Waals surface area contributed by atoms with Gasteiger partial charge in [-0.05, 0) is 30.7 Å². The zero-order valence-corrected chi connectivity index (χ0v) is 10.2. The molecule has 2 aromatic rings. The van der Waals surface area contributed by atoms with Gasteiger partial charge in [0.2, 0.25) is 0 Å². The molecule has 2 nitrogen and oxygen atoms in total. The monoisotopic (exact) mass is 267 g/mol. The van der Waals surface area contributed by atoms with Crippen LogP contribution in [0.2, 0.25) is 0 Å². The van der Waals surface area contributed by atoms with Crippen LogP contribution in [0.4, 0.5) is 13.2 Å². The summed E-state index contributed by atoms with van der Waals surface area (Å²) in [6, 6.07) is 8.30. The van der Waals surface area contributed by atoms with E-state index in [-0.39, 0.29) is 6.61 Å². The molecule has 0 unspecified atom stereocenters. The minimum atomic E-state index is -4.36. The number of aryl methyl sites for hydroxylation is 1. The second-order valence-corrected chi connectivity index (χ2v) is 4.18. The molecular weight excluding hydrogens is 255 g/mol. The molecule has 19 heavy (non-hydrogen) atoms. The Bertz CT molecular complexity index is 593. The van der Waals surface area contributed by atoms with Gasteiger partial charge in [-0.3, -0.25) is 4.98 Å². The molecule has 0 aliphatic rings. The fraction of sp³-hybridized carbons (Fsp3) is 0.214. The van der Waals surface area contributed by atoms with Crippen molar-refractivity contribution in [2.24, 2.45) is 0 Å². The average molecular weight is 267 g/mol. The summed E-state index contributed by atoms with van der Waals surface area (Å²) in [5, 5.41) is 9.04. The van der Waals surface area contributed by atoms with Crippen LogP contribution >= 0.6 is 0 Å². The zero-order valence-electron chi connectivity index (χ0n) is 10.2. The summed E-state index contributed by atoms with van der Waals surface area (Å²) in [6.07, 6.45) is -4.36. The highest BCUT2D eigenvalue weighted by Gasteiger charge is 2.30. The van der Waals surface area contributed by atoms with E-state index in [4.69, 9.17) is 5.11 Å². The van der Waals surface area contributed by atoms with Crippen LogP contribution in [0, 0.1) is 6.92 Å². The van der Waals surface area contributed by atoms with E-state index in [2.05, 4.69) is 4.98 Å². The highest BCUT2D eigenvalue weighted by Crippen LogP contribution is 2.31. The molecule has 0 aliphatic heterocycles. The number of halogens is 3. The summed E-state index contributed by atoms with van der Waals surface area (Å²) >= 11 is 0. The standard InChI is InChI=1S/C14H12F3NO/c1-9-11(8-19)5-6-13(18-9)10-3-2-4-12(7-10)14(15,16)17/h2-7,19H,8H2,1H3. The van der Waals surface area contributed by atoms with Crippen LogP contribution < -0.4 is 0 Å². The first-order valence-electron chi connectivity index (χ1n) is 5.67. The third-order valence-electron chi connectivity index (χ3n) is 2.85. The molecule has 0 aliphatic carbocycles. The van der Waals surface area contributed by atoms with E-state index in [1.54, 1.807) is 25.1 Å².